The van der Waals surface area contributed by atoms with E-state index < -0.39 is 5.91 Å². The van der Waals surface area contributed by atoms with Crippen molar-refractivity contribution in [1.29, 1.82) is 0 Å². The molecule has 2 aromatic carbocycles. The summed E-state index contributed by atoms with van der Waals surface area (Å²) in [5.41, 5.74) is 3.96. The quantitative estimate of drug-likeness (QED) is 0.478. The molecule has 0 saturated carbocycles. The maximum atomic E-state index is 11.8. The summed E-state index contributed by atoms with van der Waals surface area (Å²) in [5, 5.41) is 14.1. The number of halogens is 2. The number of carbonyl (C=O) groups excluding carboxylic acids is 1. The summed E-state index contributed by atoms with van der Waals surface area (Å²) in [4.78, 5) is 11.8. The van der Waals surface area contributed by atoms with Crippen molar-refractivity contribution in [3.8, 4) is 11.5 Å². The number of nitrogens with zero attached hydrogens (tertiary/aromatic N) is 1. The van der Waals surface area contributed by atoms with Crippen molar-refractivity contribution < 1.29 is 14.6 Å². The molecule has 1 atom stereocenters. The van der Waals surface area contributed by atoms with E-state index in [9.17, 15) is 9.90 Å². The average molecular weight is 440 g/mol. The van der Waals surface area contributed by atoms with Crippen LogP contribution >= 0.6 is 27.5 Å². The molecule has 0 aliphatic heterocycles. The molecule has 7 heteroatoms. The number of aromatic hydroxyl groups is 1. The number of rotatable bonds is 7. The van der Waals surface area contributed by atoms with Gasteiger partial charge in [-0.15, -0.1) is 0 Å². The topological polar surface area (TPSA) is 70.9 Å². The first-order chi connectivity index (χ1) is 12.4. The Morgan fingerprint density at radius 2 is 2.08 bits per heavy atom. The second kappa shape index (κ2) is 9.59. The van der Waals surface area contributed by atoms with E-state index in [4.69, 9.17) is 16.3 Å². The lowest BCUT2D eigenvalue weighted by atomic mass is 9.99. The lowest BCUT2D eigenvalue weighted by molar-refractivity contribution is -0.123. The molecule has 0 aromatic heterocycles. The van der Waals surface area contributed by atoms with Crippen LogP contribution in [0.3, 0.4) is 0 Å². The minimum atomic E-state index is -0.409. The van der Waals surface area contributed by atoms with Crippen LogP contribution in [-0.2, 0) is 4.79 Å². The first-order valence-corrected chi connectivity index (χ1v) is 9.30. The molecule has 0 aliphatic carbocycles. The molecular weight excluding hydrogens is 420 g/mol. The molecule has 0 radical (unpaired) electrons. The maximum absolute atomic E-state index is 11.8. The smallest absolute Gasteiger partial charge is 0.277 e. The summed E-state index contributed by atoms with van der Waals surface area (Å²) in [6.07, 6.45) is 2.38. The number of benzene rings is 2. The SMILES string of the molecule is CCC(C)c1ccc(OCC(=O)N/N=C/c2cc(Cl)cc(Br)c2O)cc1. The Balaban J connectivity index is 1.86. The average Bonchev–Trinajstić information content (AvgIpc) is 2.63. The van der Waals surface area contributed by atoms with Crippen LogP contribution in [0.2, 0.25) is 5.02 Å². The van der Waals surface area contributed by atoms with Crippen LogP contribution in [0.15, 0.2) is 46.0 Å². The van der Waals surface area contributed by atoms with Gasteiger partial charge >= 0.3 is 0 Å². The van der Waals surface area contributed by atoms with Crippen LogP contribution in [0.5, 0.6) is 11.5 Å². The number of nitrogens with one attached hydrogen (secondary N) is 1. The summed E-state index contributed by atoms with van der Waals surface area (Å²) in [6.45, 7) is 4.14. The molecule has 26 heavy (non-hydrogen) atoms. The molecule has 138 valence electrons. The predicted molar refractivity (Wildman–Crippen MR) is 107 cm³/mol. The van der Waals surface area contributed by atoms with Gasteiger partial charge in [0.2, 0.25) is 0 Å². The minimum Gasteiger partial charge on any atom is -0.506 e. The van der Waals surface area contributed by atoms with Crippen molar-refractivity contribution in [2.24, 2.45) is 5.10 Å². The van der Waals surface area contributed by atoms with Gasteiger partial charge in [0.05, 0.1) is 10.7 Å². The molecule has 5 nitrogen and oxygen atoms in total. The molecular formula is C19H20BrClN2O3. The highest BCUT2D eigenvalue weighted by Crippen LogP contribution is 2.30. The van der Waals surface area contributed by atoms with E-state index in [2.05, 4.69) is 40.3 Å². The number of ether oxygens (including phenoxy) is 1. The predicted octanol–water partition coefficient (Wildman–Crippen LogP) is 4.85. The van der Waals surface area contributed by atoms with Gasteiger partial charge in [-0.25, -0.2) is 5.43 Å². The Kier molecular flexibility index (Phi) is 7.48. The zero-order valence-electron chi connectivity index (χ0n) is 14.5. The van der Waals surface area contributed by atoms with Gasteiger partial charge in [0, 0.05) is 10.6 Å². The Hall–Kier alpha value is -2.05. The maximum Gasteiger partial charge on any atom is 0.277 e. The third kappa shape index (κ3) is 5.75. The monoisotopic (exact) mass is 438 g/mol. The first kappa shape index (κ1) is 20.3. The molecule has 0 aliphatic rings. The highest BCUT2D eigenvalue weighted by atomic mass is 79.9. The van der Waals surface area contributed by atoms with E-state index in [1.54, 1.807) is 6.07 Å². The second-order valence-corrected chi connectivity index (χ2v) is 7.08. The number of hydrogen-bond donors (Lipinski definition) is 2. The Morgan fingerprint density at radius 1 is 1.38 bits per heavy atom. The van der Waals surface area contributed by atoms with Gasteiger partial charge in [0.25, 0.3) is 5.91 Å². The molecule has 0 bridgehead atoms. The molecule has 0 heterocycles. The van der Waals surface area contributed by atoms with Gasteiger partial charge in [-0.1, -0.05) is 37.6 Å². The number of carbonyl (C=O) groups is 1. The van der Waals surface area contributed by atoms with Gasteiger partial charge in [0.1, 0.15) is 11.5 Å². The molecule has 0 spiro atoms. The molecule has 2 N–H and O–H groups in total. The van der Waals surface area contributed by atoms with Gasteiger partial charge in [-0.3, -0.25) is 4.79 Å². The Labute approximate surface area is 166 Å². The fourth-order valence-corrected chi connectivity index (χ4v) is 3.00. The molecule has 1 amide bonds. The number of phenols is 1. The van der Waals surface area contributed by atoms with Crippen molar-refractivity contribution >= 4 is 39.7 Å². The standard InChI is InChI=1S/C19H20BrClN2O3/c1-3-12(2)13-4-6-16(7-5-13)26-11-18(24)23-22-10-14-8-15(21)9-17(20)19(14)25/h4-10,12,25H,3,11H2,1-2H3,(H,23,24)/b22-10+. The van der Waals surface area contributed by atoms with E-state index >= 15 is 0 Å². The summed E-state index contributed by atoms with van der Waals surface area (Å²) < 4.78 is 5.88. The van der Waals surface area contributed by atoms with E-state index in [0.717, 1.165) is 6.42 Å². The van der Waals surface area contributed by atoms with Crippen LogP contribution in [0.4, 0.5) is 0 Å². The number of hydrazone groups is 1. The zero-order chi connectivity index (χ0) is 19.1. The highest BCUT2D eigenvalue weighted by molar-refractivity contribution is 9.10. The number of amides is 1. The van der Waals surface area contributed by atoms with Crippen LogP contribution in [-0.4, -0.2) is 23.8 Å². The largest absolute Gasteiger partial charge is 0.506 e. The summed E-state index contributed by atoms with van der Waals surface area (Å²) in [6, 6.07) is 10.8. The van der Waals surface area contributed by atoms with E-state index in [1.807, 2.05) is 24.3 Å². The van der Waals surface area contributed by atoms with Crippen molar-refractivity contribution in [3.63, 3.8) is 0 Å². The Bertz CT molecular complexity index is 794. The molecule has 0 fully saturated rings. The van der Waals surface area contributed by atoms with E-state index in [0.29, 0.717) is 26.7 Å². The van der Waals surface area contributed by atoms with Crippen molar-refractivity contribution in [2.45, 2.75) is 26.2 Å². The second-order valence-electron chi connectivity index (χ2n) is 5.79. The fourth-order valence-electron chi connectivity index (χ4n) is 2.17. The minimum absolute atomic E-state index is 0.00922. The lowest BCUT2D eigenvalue weighted by Gasteiger charge is -2.10. The molecule has 0 saturated heterocycles. The van der Waals surface area contributed by atoms with E-state index in [1.165, 1.54) is 17.8 Å². The molecule has 2 aromatic rings. The van der Waals surface area contributed by atoms with Crippen LogP contribution in [0, 0.1) is 0 Å². The third-order valence-corrected chi connectivity index (χ3v) is 4.70. The van der Waals surface area contributed by atoms with Crippen molar-refractivity contribution in [1.82, 2.24) is 5.43 Å². The highest BCUT2D eigenvalue weighted by Gasteiger charge is 2.07. The molecule has 2 rings (SSSR count). The summed E-state index contributed by atoms with van der Waals surface area (Å²) in [5.74, 6) is 0.690. The third-order valence-electron chi connectivity index (χ3n) is 3.88. The zero-order valence-corrected chi connectivity index (χ0v) is 16.8. The van der Waals surface area contributed by atoms with Crippen LogP contribution in [0.1, 0.15) is 37.3 Å². The lowest BCUT2D eigenvalue weighted by Crippen LogP contribution is -2.24. The summed E-state index contributed by atoms with van der Waals surface area (Å²) in [7, 11) is 0. The van der Waals surface area contributed by atoms with Gasteiger partial charge in [0.15, 0.2) is 6.61 Å². The molecule has 1 unspecified atom stereocenters. The van der Waals surface area contributed by atoms with E-state index in [-0.39, 0.29) is 12.4 Å². The number of hydrogen-bond acceptors (Lipinski definition) is 4. The van der Waals surface area contributed by atoms with Gasteiger partial charge in [-0.05, 0) is 58.1 Å². The van der Waals surface area contributed by atoms with Crippen molar-refractivity contribution in [2.75, 3.05) is 6.61 Å². The fraction of sp³-hybridized carbons (Fsp3) is 0.263. The van der Waals surface area contributed by atoms with Gasteiger partial charge in [-0.2, -0.15) is 5.10 Å². The first-order valence-electron chi connectivity index (χ1n) is 8.13. The Morgan fingerprint density at radius 3 is 2.73 bits per heavy atom. The number of phenolic OH excluding ortho intramolecular Hbond substituents is 1. The summed E-state index contributed by atoms with van der Waals surface area (Å²) >= 11 is 9.09. The van der Waals surface area contributed by atoms with Crippen LogP contribution in [0.25, 0.3) is 0 Å². The van der Waals surface area contributed by atoms with Crippen LogP contribution < -0.4 is 10.2 Å². The van der Waals surface area contributed by atoms with Gasteiger partial charge < -0.3 is 9.84 Å². The normalized spacial score (nSPS) is 12.2. The van der Waals surface area contributed by atoms with Crippen molar-refractivity contribution in [3.05, 3.63) is 57.0 Å².